The summed E-state index contributed by atoms with van der Waals surface area (Å²) in [4.78, 5) is 0. The summed E-state index contributed by atoms with van der Waals surface area (Å²) in [6.45, 7) is -0.602. The van der Waals surface area contributed by atoms with E-state index in [-0.39, 0.29) is 11.8 Å². The van der Waals surface area contributed by atoms with E-state index in [1.54, 1.807) is 18.2 Å². The highest BCUT2D eigenvalue weighted by molar-refractivity contribution is 5.31. The van der Waals surface area contributed by atoms with E-state index >= 15 is 0 Å². The van der Waals surface area contributed by atoms with Crippen LogP contribution in [0.3, 0.4) is 0 Å². The molecule has 3 N–H and O–H groups in total. The van der Waals surface area contributed by atoms with Crippen LogP contribution >= 0.6 is 0 Å². The zero-order valence-corrected chi connectivity index (χ0v) is 12.4. The molecule has 0 spiro atoms. The van der Waals surface area contributed by atoms with Gasteiger partial charge in [-0.2, -0.15) is 8.78 Å². The lowest BCUT2D eigenvalue weighted by Crippen LogP contribution is -2.38. The fourth-order valence-electron chi connectivity index (χ4n) is 3.53. The first-order chi connectivity index (χ1) is 10.2. The van der Waals surface area contributed by atoms with E-state index in [4.69, 9.17) is 5.84 Å². The Kier molecular flexibility index (Phi) is 5.94. The highest BCUT2D eigenvalue weighted by Gasteiger charge is 2.31. The zero-order valence-electron chi connectivity index (χ0n) is 12.4. The largest absolute Gasteiger partial charge is 0.435 e. The average molecular weight is 298 g/mol. The number of benzene rings is 1. The number of alkyl halides is 2. The van der Waals surface area contributed by atoms with E-state index in [0.717, 1.165) is 18.4 Å². The van der Waals surface area contributed by atoms with Crippen molar-refractivity contribution in [1.29, 1.82) is 0 Å². The first-order valence-corrected chi connectivity index (χ1v) is 7.66. The third-order valence-electron chi connectivity index (χ3n) is 4.54. The summed E-state index contributed by atoms with van der Waals surface area (Å²) in [7, 11) is 0. The van der Waals surface area contributed by atoms with Crippen LogP contribution in [0.15, 0.2) is 24.3 Å². The van der Waals surface area contributed by atoms with Gasteiger partial charge in [-0.15, -0.1) is 0 Å². The summed E-state index contributed by atoms with van der Waals surface area (Å²) in [5, 5.41) is 0. The van der Waals surface area contributed by atoms with Gasteiger partial charge in [0.15, 0.2) is 0 Å². The molecule has 1 aliphatic carbocycles. The molecule has 0 aliphatic heterocycles. The number of ether oxygens (including phenoxy) is 1. The van der Waals surface area contributed by atoms with Crippen molar-refractivity contribution >= 4 is 0 Å². The first-order valence-electron chi connectivity index (χ1n) is 7.66. The summed E-state index contributed by atoms with van der Waals surface area (Å²) in [5.74, 6) is 7.02. The minimum atomic E-state index is -2.80. The van der Waals surface area contributed by atoms with E-state index in [9.17, 15) is 8.78 Å². The number of rotatable bonds is 6. The van der Waals surface area contributed by atoms with Gasteiger partial charge in [0, 0.05) is 6.04 Å². The summed E-state index contributed by atoms with van der Waals surface area (Å²) in [6.07, 6.45) is 5.92. The lowest BCUT2D eigenvalue weighted by molar-refractivity contribution is -0.0499. The summed E-state index contributed by atoms with van der Waals surface area (Å²) in [5.41, 5.74) is 3.81. The SMILES string of the molecule is CCC1CCCCC1C(NN)c1cccc(OC(F)F)c1. The third kappa shape index (κ3) is 4.14. The highest BCUT2D eigenvalue weighted by Crippen LogP contribution is 2.40. The van der Waals surface area contributed by atoms with Gasteiger partial charge < -0.3 is 4.74 Å². The first kappa shape index (κ1) is 16.2. The van der Waals surface area contributed by atoms with Crippen LogP contribution in [-0.4, -0.2) is 6.61 Å². The van der Waals surface area contributed by atoms with Gasteiger partial charge >= 0.3 is 6.61 Å². The van der Waals surface area contributed by atoms with Crippen molar-refractivity contribution in [2.45, 2.75) is 51.7 Å². The Morgan fingerprint density at radius 2 is 2.10 bits per heavy atom. The Bertz CT molecular complexity index is 442. The van der Waals surface area contributed by atoms with Crippen LogP contribution in [0.1, 0.15) is 50.6 Å². The zero-order chi connectivity index (χ0) is 15.2. The van der Waals surface area contributed by atoms with Gasteiger partial charge in [0.05, 0.1) is 0 Å². The van der Waals surface area contributed by atoms with Crippen molar-refractivity contribution in [2.75, 3.05) is 0 Å². The van der Waals surface area contributed by atoms with Crippen LogP contribution in [0.25, 0.3) is 0 Å². The summed E-state index contributed by atoms with van der Waals surface area (Å²) >= 11 is 0. The predicted octanol–water partition coefficient (Wildman–Crippen LogP) is 4.01. The van der Waals surface area contributed by atoms with Crippen molar-refractivity contribution in [1.82, 2.24) is 5.43 Å². The topological polar surface area (TPSA) is 47.3 Å². The molecule has 5 heteroatoms. The van der Waals surface area contributed by atoms with E-state index in [1.807, 2.05) is 6.07 Å². The molecule has 1 aromatic carbocycles. The van der Waals surface area contributed by atoms with Gasteiger partial charge in [-0.25, -0.2) is 0 Å². The molecule has 1 aromatic rings. The molecule has 1 saturated carbocycles. The Labute approximate surface area is 124 Å². The van der Waals surface area contributed by atoms with Crippen LogP contribution in [0.2, 0.25) is 0 Å². The molecule has 2 rings (SSSR count). The van der Waals surface area contributed by atoms with Gasteiger partial charge in [-0.1, -0.05) is 44.7 Å². The van der Waals surface area contributed by atoms with Crippen LogP contribution < -0.4 is 16.0 Å². The Morgan fingerprint density at radius 1 is 1.33 bits per heavy atom. The minimum Gasteiger partial charge on any atom is -0.435 e. The Hall–Kier alpha value is -1.20. The normalized spacial score (nSPS) is 24.0. The van der Waals surface area contributed by atoms with Gasteiger partial charge in [0.25, 0.3) is 0 Å². The molecule has 0 radical (unpaired) electrons. The van der Waals surface area contributed by atoms with Gasteiger partial charge in [0.2, 0.25) is 0 Å². The number of hydrogen-bond donors (Lipinski definition) is 2. The second-order valence-electron chi connectivity index (χ2n) is 5.71. The van der Waals surface area contributed by atoms with Crippen molar-refractivity contribution in [2.24, 2.45) is 17.7 Å². The standard InChI is InChI=1S/C16H24F2N2O/c1-2-11-6-3-4-9-14(11)15(20-19)12-7-5-8-13(10-12)21-16(17)18/h5,7-8,10-11,14-16,20H,2-4,6,9,19H2,1H3. The van der Waals surface area contributed by atoms with Crippen molar-refractivity contribution in [3.05, 3.63) is 29.8 Å². The van der Waals surface area contributed by atoms with Crippen molar-refractivity contribution < 1.29 is 13.5 Å². The van der Waals surface area contributed by atoms with E-state index in [0.29, 0.717) is 11.8 Å². The lowest BCUT2D eigenvalue weighted by atomic mass is 9.72. The van der Waals surface area contributed by atoms with Gasteiger partial charge in [-0.05, 0) is 36.0 Å². The number of hydrazine groups is 1. The van der Waals surface area contributed by atoms with Gasteiger partial charge in [0.1, 0.15) is 5.75 Å². The highest BCUT2D eigenvalue weighted by atomic mass is 19.3. The third-order valence-corrected chi connectivity index (χ3v) is 4.54. The summed E-state index contributed by atoms with van der Waals surface area (Å²) in [6, 6.07) is 6.85. The lowest BCUT2D eigenvalue weighted by Gasteiger charge is -2.36. The summed E-state index contributed by atoms with van der Waals surface area (Å²) < 4.78 is 29.2. The Morgan fingerprint density at radius 3 is 2.76 bits per heavy atom. The fraction of sp³-hybridized carbons (Fsp3) is 0.625. The van der Waals surface area contributed by atoms with E-state index in [1.165, 1.54) is 19.3 Å². The monoisotopic (exact) mass is 298 g/mol. The maximum absolute atomic E-state index is 12.3. The van der Waals surface area contributed by atoms with E-state index in [2.05, 4.69) is 17.1 Å². The number of hydrogen-bond acceptors (Lipinski definition) is 3. The van der Waals surface area contributed by atoms with Gasteiger partial charge in [-0.3, -0.25) is 11.3 Å². The number of halogens is 2. The molecule has 1 fully saturated rings. The van der Waals surface area contributed by atoms with Crippen LogP contribution in [0.5, 0.6) is 5.75 Å². The molecule has 3 atom stereocenters. The number of nitrogens with two attached hydrogens (primary N) is 1. The average Bonchev–Trinajstić information content (AvgIpc) is 2.48. The fourth-order valence-corrected chi connectivity index (χ4v) is 3.53. The van der Waals surface area contributed by atoms with Crippen LogP contribution in [-0.2, 0) is 0 Å². The second-order valence-corrected chi connectivity index (χ2v) is 5.71. The van der Waals surface area contributed by atoms with E-state index < -0.39 is 6.61 Å². The molecule has 0 bridgehead atoms. The molecule has 0 amide bonds. The quantitative estimate of drug-likeness (QED) is 0.616. The molecule has 1 aliphatic rings. The minimum absolute atomic E-state index is 0.0172. The molecular weight excluding hydrogens is 274 g/mol. The molecule has 0 saturated heterocycles. The van der Waals surface area contributed by atoms with Crippen molar-refractivity contribution in [3.63, 3.8) is 0 Å². The van der Waals surface area contributed by atoms with Crippen molar-refractivity contribution in [3.8, 4) is 5.75 Å². The predicted molar refractivity (Wildman–Crippen MR) is 78.9 cm³/mol. The maximum atomic E-state index is 12.3. The smallest absolute Gasteiger partial charge is 0.387 e. The molecule has 118 valence electrons. The maximum Gasteiger partial charge on any atom is 0.387 e. The van der Waals surface area contributed by atoms with Crippen LogP contribution in [0.4, 0.5) is 8.78 Å². The molecule has 3 nitrogen and oxygen atoms in total. The second kappa shape index (κ2) is 7.71. The molecule has 0 heterocycles. The molecule has 21 heavy (non-hydrogen) atoms. The molecule has 3 unspecified atom stereocenters. The number of nitrogens with one attached hydrogen (secondary N) is 1. The van der Waals surface area contributed by atoms with Crippen LogP contribution in [0, 0.1) is 11.8 Å². The molecule has 0 aromatic heterocycles. The molecular formula is C16H24F2N2O. The Balaban J connectivity index is 2.19.